The molecule has 0 aromatic heterocycles. The molecule has 0 radical (unpaired) electrons. The van der Waals surface area contributed by atoms with E-state index in [2.05, 4.69) is 10.6 Å². The molecule has 4 rings (SSSR count). The van der Waals surface area contributed by atoms with Crippen LogP contribution in [0.1, 0.15) is 37.8 Å². The van der Waals surface area contributed by atoms with E-state index >= 15 is 0 Å². The number of hydrogen-bond acceptors (Lipinski definition) is 4. The van der Waals surface area contributed by atoms with Crippen LogP contribution in [0.4, 0.5) is 4.79 Å². The maximum Gasteiger partial charge on any atom is 0.317 e. The van der Waals surface area contributed by atoms with Gasteiger partial charge in [-0.2, -0.15) is 0 Å². The summed E-state index contributed by atoms with van der Waals surface area (Å²) in [5, 5.41) is 5.95. The molecule has 1 atom stereocenters. The quantitative estimate of drug-likeness (QED) is 0.797. The Morgan fingerprint density at radius 3 is 2.78 bits per heavy atom. The van der Waals surface area contributed by atoms with Crippen LogP contribution in [-0.2, 0) is 17.8 Å². The fourth-order valence-corrected chi connectivity index (χ4v) is 3.59. The van der Waals surface area contributed by atoms with Crippen molar-refractivity contribution < 1.29 is 19.1 Å². The normalized spacial score (nSPS) is 21.1. The van der Waals surface area contributed by atoms with E-state index in [9.17, 15) is 9.59 Å². The highest BCUT2D eigenvalue weighted by Gasteiger charge is 2.36. The number of ether oxygens (including phenoxy) is 2. The molecule has 2 heterocycles. The molecule has 2 fully saturated rings. The molecule has 0 bridgehead atoms. The maximum atomic E-state index is 12.4. The average molecular weight is 373 g/mol. The van der Waals surface area contributed by atoms with Gasteiger partial charge in [0.1, 0.15) is 17.6 Å². The van der Waals surface area contributed by atoms with Crippen LogP contribution in [0.5, 0.6) is 11.5 Å². The third-order valence-electron chi connectivity index (χ3n) is 5.27. The van der Waals surface area contributed by atoms with E-state index in [1.807, 2.05) is 26.0 Å². The molecule has 7 heteroatoms. The van der Waals surface area contributed by atoms with Crippen molar-refractivity contribution in [1.82, 2.24) is 15.5 Å². The number of fused-ring (bicyclic) bond motifs is 1. The van der Waals surface area contributed by atoms with Crippen LogP contribution in [0.25, 0.3) is 0 Å². The molecule has 1 aromatic rings. The zero-order valence-electron chi connectivity index (χ0n) is 15.9. The predicted octanol–water partition coefficient (Wildman–Crippen LogP) is 1.83. The van der Waals surface area contributed by atoms with E-state index in [-0.39, 0.29) is 30.0 Å². The first-order chi connectivity index (χ1) is 13.0. The zero-order valence-corrected chi connectivity index (χ0v) is 15.9. The molecule has 7 nitrogen and oxygen atoms in total. The maximum absolute atomic E-state index is 12.4. The smallest absolute Gasteiger partial charge is 0.317 e. The van der Waals surface area contributed by atoms with Crippen molar-refractivity contribution in [1.29, 1.82) is 0 Å². The average Bonchev–Trinajstić information content (AvgIpc) is 3.38. The second kappa shape index (κ2) is 7.29. The molecule has 1 saturated heterocycles. The van der Waals surface area contributed by atoms with Gasteiger partial charge < -0.3 is 25.0 Å². The summed E-state index contributed by atoms with van der Waals surface area (Å²) in [5.41, 5.74) is 2.06. The highest BCUT2D eigenvalue weighted by Crippen LogP contribution is 2.35. The standard InChI is InChI=1S/C20H27N3O4/c1-3-26-17-7-14-6-12(2)27-18(14)8-15(17)9-21-20(25)23-10-16(11-23)22-19(24)13-4-5-13/h7-8,12-13,16H,3-6,9-11H2,1-2H3,(H,21,25)(H,22,24). The van der Waals surface area contributed by atoms with Crippen LogP contribution in [0.15, 0.2) is 12.1 Å². The van der Waals surface area contributed by atoms with Gasteiger partial charge in [0.2, 0.25) is 5.91 Å². The SMILES string of the molecule is CCOc1cc2c(cc1CNC(=O)N1CC(NC(=O)C3CC3)C1)OC(C)C2. The van der Waals surface area contributed by atoms with Crippen molar-refractivity contribution in [3.05, 3.63) is 23.3 Å². The number of nitrogens with zero attached hydrogens (tertiary/aromatic N) is 1. The van der Waals surface area contributed by atoms with Crippen LogP contribution in [0.3, 0.4) is 0 Å². The molecular formula is C20H27N3O4. The van der Waals surface area contributed by atoms with E-state index in [4.69, 9.17) is 9.47 Å². The van der Waals surface area contributed by atoms with Crippen LogP contribution in [0.2, 0.25) is 0 Å². The number of carbonyl (C=O) groups is 2. The van der Waals surface area contributed by atoms with Gasteiger partial charge in [0.15, 0.2) is 0 Å². The van der Waals surface area contributed by atoms with Gasteiger partial charge in [-0.05, 0) is 38.8 Å². The monoisotopic (exact) mass is 373 g/mol. The Kier molecular flexibility index (Phi) is 4.85. The Hall–Kier alpha value is -2.44. The van der Waals surface area contributed by atoms with Crippen molar-refractivity contribution in [3.63, 3.8) is 0 Å². The summed E-state index contributed by atoms with van der Waals surface area (Å²) in [5.74, 6) is 2.01. The number of carbonyl (C=O) groups excluding carboxylic acids is 2. The van der Waals surface area contributed by atoms with Gasteiger partial charge in [-0.25, -0.2) is 4.79 Å². The lowest BCUT2D eigenvalue weighted by Crippen LogP contribution is -2.63. The molecule has 27 heavy (non-hydrogen) atoms. The highest BCUT2D eigenvalue weighted by atomic mass is 16.5. The van der Waals surface area contributed by atoms with Crippen molar-refractivity contribution in [3.8, 4) is 11.5 Å². The molecule has 3 aliphatic rings. The Morgan fingerprint density at radius 2 is 2.07 bits per heavy atom. The number of rotatable bonds is 6. The van der Waals surface area contributed by atoms with Gasteiger partial charge in [0, 0.05) is 43.1 Å². The minimum atomic E-state index is -0.121. The summed E-state index contributed by atoms with van der Waals surface area (Å²) < 4.78 is 11.6. The lowest BCUT2D eigenvalue weighted by atomic mass is 10.1. The first-order valence-electron chi connectivity index (χ1n) is 9.82. The summed E-state index contributed by atoms with van der Waals surface area (Å²) >= 11 is 0. The van der Waals surface area contributed by atoms with E-state index in [0.717, 1.165) is 41.9 Å². The number of benzene rings is 1. The first kappa shape index (κ1) is 17.9. The Labute approximate surface area is 159 Å². The molecule has 1 aliphatic carbocycles. The molecule has 146 valence electrons. The molecule has 0 spiro atoms. The zero-order chi connectivity index (χ0) is 19.0. The molecule has 2 aliphatic heterocycles. The molecule has 3 amide bonds. The van der Waals surface area contributed by atoms with E-state index in [1.165, 1.54) is 0 Å². The minimum absolute atomic E-state index is 0.0812. The molecule has 1 unspecified atom stereocenters. The highest BCUT2D eigenvalue weighted by molar-refractivity contribution is 5.82. The summed E-state index contributed by atoms with van der Waals surface area (Å²) in [6.45, 7) is 6.08. The minimum Gasteiger partial charge on any atom is -0.494 e. The third-order valence-corrected chi connectivity index (χ3v) is 5.27. The lowest BCUT2D eigenvalue weighted by molar-refractivity contribution is -0.123. The van der Waals surface area contributed by atoms with Gasteiger partial charge in [0.25, 0.3) is 0 Å². The fraction of sp³-hybridized carbons (Fsp3) is 0.600. The molecular weight excluding hydrogens is 346 g/mol. The number of nitrogens with one attached hydrogen (secondary N) is 2. The Morgan fingerprint density at radius 1 is 1.30 bits per heavy atom. The largest absolute Gasteiger partial charge is 0.494 e. The number of likely N-dealkylation sites (tertiary alicyclic amines) is 1. The number of urea groups is 1. The third kappa shape index (κ3) is 3.96. The molecule has 1 aromatic carbocycles. The van der Waals surface area contributed by atoms with Crippen LogP contribution < -0.4 is 20.1 Å². The summed E-state index contributed by atoms with van der Waals surface area (Å²) in [6, 6.07) is 3.96. The summed E-state index contributed by atoms with van der Waals surface area (Å²) in [7, 11) is 0. The summed E-state index contributed by atoms with van der Waals surface area (Å²) in [6.07, 6.45) is 3.04. The van der Waals surface area contributed by atoms with Gasteiger partial charge in [-0.15, -0.1) is 0 Å². The van der Waals surface area contributed by atoms with Crippen LogP contribution in [0, 0.1) is 5.92 Å². The van der Waals surface area contributed by atoms with E-state index < -0.39 is 0 Å². The van der Waals surface area contributed by atoms with E-state index in [1.54, 1.807) is 4.90 Å². The fourth-order valence-electron chi connectivity index (χ4n) is 3.59. The van der Waals surface area contributed by atoms with E-state index in [0.29, 0.717) is 26.2 Å². The number of hydrogen-bond donors (Lipinski definition) is 2. The van der Waals surface area contributed by atoms with Gasteiger partial charge >= 0.3 is 6.03 Å². The van der Waals surface area contributed by atoms with Gasteiger partial charge in [0.05, 0.1) is 12.6 Å². The molecule has 1 saturated carbocycles. The van der Waals surface area contributed by atoms with Crippen molar-refractivity contribution in [2.75, 3.05) is 19.7 Å². The second-order valence-corrected chi connectivity index (χ2v) is 7.68. The van der Waals surface area contributed by atoms with Crippen molar-refractivity contribution in [2.45, 2.75) is 51.8 Å². The van der Waals surface area contributed by atoms with Gasteiger partial charge in [-0.1, -0.05) is 0 Å². The van der Waals surface area contributed by atoms with Crippen molar-refractivity contribution in [2.24, 2.45) is 5.92 Å². The number of amides is 3. The topological polar surface area (TPSA) is 79.9 Å². The molecule has 2 N–H and O–H groups in total. The Bertz CT molecular complexity index is 741. The van der Waals surface area contributed by atoms with Crippen LogP contribution in [-0.4, -0.2) is 48.7 Å². The Balaban J connectivity index is 1.30. The van der Waals surface area contributed by atoms with Crippen LogP contribution >= 0.6 is 0 Å². The van der Waals surface area contributed by atoms with Gasteiger partial charge in [-0.3, -0.25) is 4.79 Å². The first-order valence-corrected chi connectivity index (χ1v) is 9.82. The lowest BCUT2D eigenvalue weighted by Gasteiger charge is -2.39. The second-order valence-electron chi connectivity index (χ2n) is 7.68. The predicted molar refractivity (Wildman–Crippen MR) is 99.9 cm³/mol. The summed E-state index contributed by atoms with van der Waals surface area (Å²) in [4.78, 5) is 25.8. The van der Waals surface area contributed by atoms with Crippen molar-refractivity contribution >= 4 is 11.9 Å².